The zero-order valence-corrected chi connectivity index (χ0v) is 6.93. The first-order chi connectivity index (χ1) is 5.57. The monoisotopic (exact) mass is 167 g/mol. The van der Waals surface area contributed by atoms with Gasteiger partial charge in [0.05, 0.1) is 5.57 Å². The van der Waals surface area contributed by atoms with E-state index in [0.29, 0.717) is 12.1 Å². The largest absolute Gasteiger partial charge is 0.337 e. The molecule has 0 saturated heterocycles. The molecule has 0 aromatic heterocycles. The maximum atomic E-state index is 12.7. The lowest BCUT2D eigenvalue weighted by Gasteiger charge is -2.06. The molecule has 2 nitrogen and oxygen atoms in total. The van der Waals surface area contributed by atoms with Gasteiger partial charge in [0.1, 0.15) is 5.83 Å². The highest BCUT2D eigenvalue weighted by Gasteiger charge is 2.27. The van der Waals surface area contributed by atoms with Crippen molar-refractivity contribution in [3.05, 3.63) is 36.2 Å². The Bertz CT molecular complexity index is 291. The quantitative estimate of drug-likeness (QED) is 0.609. The highest BCUT2D eigenvalue weighted by atomic mass is 19.1. The molecule has 1 aliphatic rings. The van der Waals surface area contributed by atoms with Gasteiger partial charge < -0.3 is 4.90 Å². The van der Waals surface area contributed by atoms with Crippen LogP contribution in [-0.4, -0.2) is 24.4 Å². The van der Waals surface area contributed by atoms with Crippen molar-refractivity contribution in [2.45, 2.75) is 0 Å². The minimum Gasteiger partial charge on any atom is -0.337 e. The Labute approximate surface area is 70.7 Å². The molecule has 1 rings (SSSR count). The molecular weight excluding hydrogens is 157 g/mol. The first-order valence-electron chi connectivity index (χ1n) is 3.53. The SMILES string of the molecule is C=CC1=C(C(=C)F)C(=O)N(C)C1. The van der Waals surface area contributed by atoms with E-state index in [2.05, 4.69) is 13.2 Å². The average molecular weight is 167 g/mol. The smallest absolute Gasteiger partial charge is 0.257 e. The molecule has 0 fully saturated rings. The van der Waals surface area contributed by atoms with Crippen LogP contribution in [0.2, 0.25) is 0 Å². The van der Waals surface area contributed by atoms with Crippen LogP contribution in [0.4, 0.5) is 4.39 Å². The lowest BCUT2D eigenvalue weighted by atomic mass is 10.1. The summed E-state index contributed by atoms with van der Waals surface area (Å²) in [5.41, 5.74) is 0.669. The number of carbonyl (C=O) groups excluding carboxylic acids is 1. The van der Waals surface area contributed by atoms with Crippen LogP contribution in [0, 0.1) is 0 Å². The van der Waals surface area contributed by atoms with E-state index in [1.54, 1.807) is 7.05 Å². The predicted octanol–water partition coefficient (Wildman–Crippen LogP) is 1.42. The number of halogens is 1. The zero-order chi connectivity index (χ0) is 9.30. The van der Waals surface area contributed by atoms with Gasteiger partial charge in [-0.3, -0.25) is 4.79 Å². The molecule has 0 radical (unpaired) electrons. The Morgan fingerprint density at radius 1 is 1.75 bits per heavy atom. The lowest BCUT2D eigenvalue weighted by molar-refractivity contribution is -0.124. The minimum absolute atomic E-state index is 0.0625. The minimum atomic E-state index is -0.681. The molecule has 3 heteroatoms. The van der Waals surface area contributed by atoms with E-state index in [9.17, 15) is 9.18 Å². The highest BCUT2D eigenvalue weighted by molar-refractivity contribution is 6.00. The second kappa shape index (κ2) is 2.93. The fraction of sp³-hybridized carbons (Fsp3) is 0.222. The summed E-state index contributed by atoms with van der Waals surface area (Å²) in [6.45, 7) is 7.02. The maximum absolute atomic E-state index is 12.7. The van der Waals surface area contributed by atoms with Crippen LogP contribution in [0.25, 0.3) is 0 Å². The Hall–Kier alpha value is -1.38. The summed E-state index contributed by atoms with van der Waals surface area (Å²) in [5, 5.41) is 0. The molecular formula is C9H10FNO. The Kier molecular flexibility index (Phi) is 2.13. The Morgan fingerprint density at radius 3 is 2.67 bits per heavy atom. The van der Waals surface area contributed by atoms with E-state index in [0.717, 1.165) is 0 Å². The molecule has 0 spiro atoms. The van der Waals surface area contributed by atoms with Gasteiger partial charge in [-0.25, -0.2) is 4.39 Å². The van der Waals surface area contributed by atoms with E-state index in [1.165, 1.54) is 11.0 Å². The third-order valence-electron chi connectivity index (χ3n) is 1.81. The topological polar surface area (TPSA) is 20.3 Å². The van der Waals surface area contributed by atoms with E-state index in [1.807, 2.05) is 0 Å². The summed E-state index contributed by atoms with van der Waals surface area (Å²) in [6, 6.07) is 0. The molecule has 64 valence electrons. The standard InChI is InChI=1S/C9H10FNO/c1-4-7-5-11(3)9(12)8(7)6(2)10/h4H,1-2,5H2,3H3. The van der Waals surface area contributed by atoms with Gasteiger partial charge in [0.2, 0.25) is 0 Å². The van der Waals surface area contributed by atoms with E-state index >= 15 is 0 Å². The first-order valence-corrected chi connectivity index (χ1v) is 3.53. The van der Waals surface area contributed by atoms with Crippen molar-refractivity contribution in [3.63, 3.8) is 0 Å². The van der Waals surface area contributed by atoms with Crippen molar-refractivity contribution in [3.8, 4) is 0 Å². The van der Waals surface area contributed by atoms with E-state index < -0.39 is 5.83 Å². The Balaban J connectivity index is 3.11. The van der Waals surface area contributed by atoms with Gasteiger partial charge in [0, 0.05) is 13.6 Å². The van der Waals surface area contributed by atoms with Gasteiger partial charge >= 0.3 is 0 Å². The third kappa shape index (κ3) is 1.18. The van der Waals surface area contributed by atoms with Crippen molar-refractivity contribution >= 4 is 5.91 Å². The van der Waals surface area contributed by atoms with Crippen LogP contribution in [0.1, 0.15) is 0 Å². The number of hydrogen-bond donors (Lipinski definition) is 0. The van der Waals surface area contributed by atoms with Crippen LogP contribution >= 0.6 is 0 Å². The van der Waals surface area contributed by atoms with Gasteiger partial charge in [-0.15, -0.1) is 0 Å². The third-order valence-corrected chi connectivity index (χ3v) is 1.81. The lowest BCUT2D eigenvalue weighted by Crippen LogP contribution is -2.21. The van der Waals surface area contributed by atoms with Gasteiger partial charge in [0.15, 0.2) is 0 Å². The van der Waals surface area contributed by atoms with Crippen molar-refractivity contribution in [1.82, 2.24) is 4.90 Å². The van der Waals surface area contributed by atoms with Crippen LogP contribution in [0.3, 0.4) is 0 Å². The van der Waals surface area contributed by atoms with E-state index in [-0.39, 0.29) is 11.5 Å². The van der Waals surface area contributed by atoms with Crippen molar-refractivity contribution in [2.24, 2.45) is 0 Å². The van der Waals surface area contributed by atoms with Crippen LogP contribution in [-0.2, 0) is 4.79 Å². The van der Waals surface area contributed by atoms with Crippen molar-refractivity contribution < 1.29 is 9.18 Å². The van der Waals surface area contributed by atoms with Gasteiger partial charge in [-0.2, -0.15) is 0 Å². The summed E-state index contributed by atoms with van der Waals surface area (Å²) >= 11 is 0. The van der Waals surface area contributed by atoms with E-state index in [4.69, 9.17) is 0 Å². The predicted molar refractivity (Wildman–Crippen MR) is 45.1 cm³/mol. The number of likely N-dealkylation sites (N-methyl/N-ethyl adjacent to an activating group) is 1. The highest BCUT2D eigenvalue weighted by Crippen LogP contribution is 2.24. The summed E-state index contributed by atoms with van der Waals surface area (Å²) in [4.78, 5) is 12.7. The van der Waals surface area contributed by atoms with Crippen LogP contribution in [0.15, 0.2) is 36.2 Å². The number of rotatable bonds is 2. The molecule has 1 aliphatic heterocycles. The molecule has 0 N–H and O–H groups in total. The number of carbonyl (C=O) groups is 1. The molecule has 1 heterocycles. The van der Waals surface area contributed by atoms with Crippen LogP contribution in [0.5, 0.6) is 0 Å². The summed E-state index contributed by atoms with van der Waals surface area (Å²) in [6.07, 6.45) is 1.49. The molecule has 1 amide bonds. The second-order valence-electron chi connectivity index (χ2n) is 2.67. The normalized spacial score (nSPS) is 17.2. The van der Waals surface area contributed by atoms with Gasteiger partial charge in [-0.05, 0) is 5.57 Å². The fourth-order valence-corrected chi connectivity index (χ4v) is 1.19. The summed E-state index contributed by atoms with van der Waals surface area (Å²) in [5.74, 6) is -1.00. The molecule has 0 aromatic rings. The summed E-state index contributed by atoms with van der Waals surface area (Å²) < 4.78 is 12.7. The number of hydrogen-bond acceptors (Lipinski definition) is 1. The maximum Gasteiger partial charge on any atom is 0.257 e. The molecule has 0 bridgehead atoms. The molecule has 0 atom stereocenters. The second-order valence-corrected chi connectivity index (χ2v) is 2.67. The van der Waals surface area contributed by atoms with Crippen molar-refractivity contribution in [1.29, 1.82) is 0 Å². The molecule has 0 unspecified atom stereocenters. The molecule has 12 heavy (non-hydrogen) atoms. The summed E-state index contributed by atoms with van der Waals surface area (Å²) in [7, 11) is 1.61. The van der Waals surface area contributed by atoms with Gasteiger partial charge in [0.25, 0.3) is 5.91 Å². The fourth-order valence-electron chi connectivity index (χ4n) is 1.19. The Morgan fingerprint density at radius 2 is 2.33 bits per heavy atom. The average Bonchev–Trinajstić information content (AvgIpc) is 2.28. The zero-order valence-electron chi connectivity index (χ0n) is 6.93. The van der Waals surface area contributed by atoms with Crippen molar-refractivity contribution in [2.75, 3.05) is 13.6 Å². The van der Waals surface area contributed by atoms with Crippen LogP contribution < -0.4 is 0 Å². The number of amides is 1. The van der Waals surface area contributed by atoms with Gasteiger partial charge in [-0.1, -0.05) is 19.2 Å². The number of nitrogens with zero attached hydrogens (tertiary/aromatic N) is 1. The molecule has 0 aliphatic carbocycles. The first kappa shape index (κ1) is 8.71. The molecule has 0 saturated carbocycles. The molecule has 0 aromatic carbocycles.